The molecule has 2 aromatic rings. The van der Waals surface area contributed by atoms with Gasteiger partial charge in [0.1, 0.15) is 11.5 Å². The molecule has 0 saturated carbocycles. The number of benzene rings is 2. The first-order chi connectivity index (χ1) is 16.7. The Morgan fingerprint density at radius 1 is 0.730 bits per heavy atom. The topological polar surface area (TPSA) is 48.0 Å². The van der Waals surface area contributed by atoms with Crippen molar-refractivity contribution in [2.75, 3.05) is 7.11 Å². The quantitative estimate of drug-likeness (QED) is 0.190. The van der Waals surface area contributed by atoms with Crippen molar-refractivity contribution in [2.24, 2.45) is 0 Å². The van der Waals surface area contributed by atoms with Crippen LogP contribution in [0.1, 0.15) is 0 Å². The summed E-state index contributed by atoms with van der Waals surface area (Å²) in [6.07, 6.45) is -20.9. The molecule has 1 fully saturated rings. The molecule has 1 saturated heterocycles. The second-order valence-electron chi connectivity index (χ2n) is 7.32. The highest BCUT2D eigenvalue weighted by Crippen LogP contribution is 2.60. The number of nitrogens with zero attached hydrogens (tertiary/aromatic N) is 1. The highest BCUT2D eigenvalue weighted by Gasteiger charge is 2.91. The SMILES string of the molecule is COc1ccc(-c2ccc(OC(=O)[C@@](F)(N3C(F)(F)C(F)(F)OC(F)(F)C3(F)F)C(F)(F)F)cc2)cc1. The van der Waals surface area contributed by atoms with Crippen LogP contribution in [-0.2, 0) is 9.53 Å². The number of hydrogen-bond acceptors (Lipinski definition) is 5. The molecular weight excluding hydrogens is 546 g/mol. The second-order valence-corrected chi connectivity index (χ2v) is 7.32. The fraction of sp³-hybridized carbons (Fsp3) is 0.350. The lowest BCUT2D eigenvalue weighted by atomic mass is 10.1. The molecule has 0 amide bonds. The molecule has 1 aliphatic rings. The molecule has 37 heavy (non-hydrogen) atoms. The fourth-order valence-electron chi connectivity index (χ4n) is 3.11. The van der Waals surface area contributed by atoms with Gasteiger partial charge in [0.2, 0.25) is 0 Å². The summed E-state index contributed by atoms with van der Waals surface area (Å²) in [4.78, 5) is 8.44. The standard InChI is InChI=1S/C20H11F12NO4/c1-35-12-6-2-10(3-7-12)11-4-8-13(9-5-11)36-14(34)15(21,16(22,23)24)33-17(25,26)19(29,30)37-20(31,32)18(33,27)28/h2-9H,1H3/t15-/m1/s1. The van der Waals surface area contributed by atoms with E-state index >= 15 is 0 Å². The van der Waals surface area contributed by atoms with Gasteiger partial charge in [-0.2, -0.15) is 48.3 Å². The lowest BCUT2D eigenvalue weighted by molar-refractivity contribution is -0.583. The van der Waals surface area contributed by atoms with E-state index in [1.54, 1.807) is 0 Å². The van der Waals surface area contributed by atoms with Crippen molar-refractivity contribution >= 4 is 5.97 Å². The van der Waals surface area contributed by atoms with Crippen LogP contribution in [0.2, 0.25) is 0 Å². The van der Waals surface area contributed by atoms with E-state index in [0.717, 1.165) is 12.1 Å². The van der Waals surface area contributed by atoms with Crippen LogP contribution in [0, 0.1) is 0 Å². The van der Waals surface area contributed by atoms with E-state index in [1.165, 1.54) is 31.4 Å². The Morgan fingerprint density at radius 2 is 1.11 bits per heavy atom. The van der Waals surface area contributed by atoms with Crippen LogP contribution in [0.25, 0.3) is 11.1 Å². The summed E-state index contributed by atoms with van der Waals surface area (Å²) in [6, 6.07) is -4.88. The minimum atomic E-state index is -7.23. The molecule has 0 spiro atoms. The van der Waals surface area contributed by atoms with Gasteiger partial charge in [0.25, 0.3) is 0 Å². The number of hydrogen-bond donors (Lipinski definition) is 0. The monoisotopic (exact) mass is 557 g/mol. The van der Waals surface area contributed by atoms with E-state index in [2.05, 4.69) is 4.74 Å². The van der Waals surface area contributed by atoms with Gasteiger partial charge in [-0.15, -0.1) is 4.90 Å². The average molecular weight is 557 g/mol. The maximum Gasteiger partial charge on any atom is 0.448 e. The normalized spacial score (nSPS) is 22.1. The maximum atomic E-state index is 15.0. The van der Waals surface area contributed by atoms with Gasteiger partial charge in [0.15, 0.2) is 0 Å². The molecule has 0 aliphatic carbocycles. The molecule has 0 bridgehead atoms. The molecule has 1 atom stereocenters. The summed E-state index contributed by atoms with van der Waals surface area (Å²) in [6.45, 7) is 0. The van der Waals surface area contributed by atoms with E-state index in [1.807, 2.05) is 4.74 Å². The van der Waals surface area contributed by atoms with Gasteiger partial charge in [0, 0.05) is 0 Å². The van der Waals surface area contributed by atoms with Gasteiger partial charge in [-0.1, -0.05) is 24.3 Å². The summed E-state index contributed by atoms with van der Waals surface area (Å²) in [7, 11) is 1.37. The zero-order valence-corrected chi connectivity index (χ0v) is 17.7. The van der Waals surface area contributed by atoms with E-state index < -0.39 is 52.9 Å². The van der Waals surface area contributed by atoms with Crippen molar-refractivity contribution in [3.8, 4) is 22.6 Å². The summed E-state index contributed by atoms with van der Waals surface area (Å²) in [5, 5.41) is 0. The molecule has 0 radical (unpaired) electrons. The number of rotatable bonds is 5. The Kier molecular flexibility index (Phi) is 6.65. The van der Waals surface area contributed by atoms with Crippen molar-refractivity contribution in [2.45, 2.75) is 36.3 Å². The van der Waals surface area contributed by atoms with Crippen LogP contribution in [0.3, 0.4) is 0 Å². The molecule has 17 heteroatoms. The molecular formula is C20H11F12NO4. The molecule has 204 valence electrons. The zero-order valence-electron chi connectivity index (χ0n) is 17.7. The summed E-state index contributed by atoms with van der Waals surface area (Å²) in [5.74, 6) is -11.3. The van der Waals surface area contributed by atoms with Gasteiger partial charge in [-0.05, 0) is 35.4 Å². The molecule has 1 aliphatic heterocycles. The molecule has 3 rings (SSSR count). The van der Waals surface area contributed by atoms with E-state index in [9.17, 15) is 57.5 Å². The number of carbonyl (C=O) groups excluding carboxylic acids is 1. The highest BCUT2D eigenvalue weighted by molar-refractivity contribution is 5.82. The minimum Gasteiger partial charge on any atom is -0.497 e. The van der Waals surface area contributed by atoms with Crippen LogP contribution in [0.5, 0.6) is 11.5 Å². The van der Waals surface area contributed by atoms with Crippen molar-refractivity contribution < 1.29 is 71.7 Å². The first-order valence-electron chi connectivity index (χ1n) is 9.46. The van der Waals surface area contributed by atoms with E-state index in [-0.39, 0.29) is 5.56 Å². The predicted octanol–water partition coefficient (Wildman–Crippen LogP) is 6.20. The Balaban J connectivity index is 2.02. The Hall–Kier alpha value is -3.21. The Morgan fingerprint density at radius 3 is 1.46 bits per heavy atom. The zero-order chi connectivity index (χ0) is 28.2. The van der Waals surface area contributed by atoms with Crippen LogP contribution in [0.15, 0.2) is 48.5 Å². The van der Waals surface area contributed by atoms with E-state index in [4.69, 9.17) is 4.74 Å². The van der Waals surface area contributed by atoms with Crippen LogP contribution in [0.4, 0.5) is 52.7 Å². The minimum absolute atomic E-state index is 0.287. The van der Waals surface area contributed by atoms with Crippen molar-refractivity contribution in [3.63, 3.8) is 0 Å². The number of halogens is 12. The second kappa shape index (κ2) is 8.68. The lowest BCUT2D eigenvalue weighted by Gasteiger charge is -2.50. The van der Waals surface area contributed by atoms with Gasteiger partial charge in [0.05, 0.1) is 7.11 Å². The van der Waals surface area contributed by atoms with Gasteiger partial charge in [-0.25, -0.2) is 13.9 Å². The third-order valence-corrected chi connectivity index (χ3v) is 4.96. The van der Waals surface area contributed by atoms with E-state index in [0.29, 0.717) is 23.4 Å². The van der Waals surface area contributed by atoms with Crippen LogP contribution < -0.4 is 9.47 Å². The molecule has 1 heterocycles. The molecule has 2 aromatic carbocycles. The number of esters is 1. The lowest BCUT2D eigenvalue weighted by Crippen LogP contribution is -2.82. The largest absolute Gasteiger partial charge is 0.497 e. The summed E-state index contributed by atoms with van der Waals surface area (Å²) in [5.41, 5.74) is 0.737. The van der Waals surface area contributed by atoms with Crippen LogP contribution >= 0.6 is 0 Å². The molecule has 0 N–H and O–H groups in total. The fourth-order valence-corrected chi connectivity index (χ4v) is 3.11. The van der Waals surface area contributed by atoms with Crippen molar-refractivity contribution in [1.29, 1.82) is 0 Å². The van der Waals surface area contributed by atoms with Crippen LogP contribution in [-0.4, -0.2) is 54.3 Å². The summed E-state index contributed by atoms with van der Waals surface area (Å²) < 4.78 is 176. The third kappa shape index (κ3) is 4.43. The Bertz CT molecular complexity index is 1130. The van der Waals surface area contributed by atoms with Gasteiger partial charge >= 0.3 is 42.2 Å². The predicted molar refractivity (Wildman–Crippen MR) is 96.7 cm³/mol. The first-order valence-corrected chi connectivity index (χ1v) is 9.46. The average Bonchev–Trinajstić information content (AvgIpc) is 2.77. The van der Waals surface area contributed by atoms with Crippen molar-refractivity contribution in [3.05, 3.63) is 48.5 Å². The molecule has 0 aromatic heterocycles. The highest BCUT2D eigenvalue weighted by atomic mass is 19.4. The maximum absolute atomic E-state index is 15.0. The summed E-state index contributed by atoms with van der Waals surface area (Å²) >= 11 is 0. The number of morpholine rings is 1. The molecule has 0 unspecified atom stereocenters. The number of carbonyl (C=O) groups is 1. The van der Waals surface area contributed by atoms with Gasteiger partial charge < -0.3 is 9.47 Å². The smallest absolute Gasteiger partial charge is 0.448 e. The number of methoxy groups -OCH3 is 1. The van der Waals surface area contributed by atoms with Crippen molar-refractivity contribution in [1.82, 2.24) is 4.90 Å². The van der Waals surface area contributed by atoms with Gasteiger partial charge in [-0.3, -0.25) is 0 Å². The number of alkyl halides is 12. The number of ether oxygens (including phenoxy) is 3. The Labute approximate surface area is 198 Å². The molecule has 5 nitrogen and oxygen atoms in total. The third-order valence-electron chi connectivity index (χ3n) is 4.96. The first kappa shape index (κ1) is 28.4.